The summed E-state index contributed by atoms with van der Waals surface area (Å²) in [5, 5.41) is 12.6. The number of fused-ring (bicyclic) bond motifs is 6. The zero-order valence-electron chi connectivity index (χ0n) is 14.7. The van der Waals surface area contributed by atoms with Gasteiger partial charge in [-0.15, -0.1) is 0 Å². The highest BCUT2D eigenvalue weighted by atomic mass is 16.5. The maximum Gasteiger partial charge on any atom is 0.0923 e. The summed E-state index contributed by atoms with van der Waals surface area (Å²) in [6.45, 7) is 3.34. The molecule has 0 aromatic heterocycles. The molecule has 1 spiro atoms. The van der Waals surface area contributed by atoms with E-state index in [1.165, 1.54) is 44.9 Å². The second-order valence-electron chi connectivity index (χ2n) is 9.03. The Hall–Kier alpha value is -1.09. The predicted molar refractivity (Wildman–Crippen MR) is 94.1 cm³/mol. The molecule has 3 heteroatoms. The average Bonchev–Trinajstić information content (AvgIpc) is 3.21. The van der Waals surface area contributed by atoms with E-state index in [2.05, 4.69) is 30.3 Å². The third kappa shape index (κ3) is 1.85. The third-order valence-corrected chi connectivity index (χ3v) is 8.45. The van der Waals surface area contributed by atoms with Crippen LogP contribution < -0.4 is 0 Å². The predicted octanol–water partition coefficient (Wildman–Crippen LogP) is 4.71. The molecule has 6 atom stereocenters. The Morgan fingerprint density at radius 3 is 2.83 bits per heavy atom. The second-order valence-corrected chi connectivity index (χ2v) is 9.03. The van der Waals surface area contributed by atoms with Crippen molar-refractivity contribution in [3.8, 4) is 0 Å². The van der Waals surface area contributed by atoms with Crippen LogP contribution in [0, 0.1) is 29.1 Å². The Morgan fingerprint density at radius 2 is 2.04 bits per heavy atom. The average molecular weight is 327 g/mol. The summed E-state index contributed by atoms with van der Waals surface area (Å²) in [4.78, 5) is 0. The molecule has 5 unspecified atom stereocenters. The van der Waals surface area contributed by atoms with Gasteiger partial charge in [-0.3, -0.25) is 0 Å². The summed E-state index contributed by atoms with van der Waals surface area (Å²) < 4.78 is 6.32. The molecule has 4 aliphatic carbocycles. The van der Waals surface area contributed by atoms with E-state index in [9.17, 15) is 0 Å². The van der Waals surface area contributed by atoms with Crippen LogP contribution >= 0.6 is 0 Å². The van der Waals surface area contributed by atoms with Crippen molar-refractivity contribution >= 4 is 5.71 Å². The van der Waals surface area contributed by atoms with Gasteiger partial charge in [0.25, 0.3) is 0 Å². The van der Waals surface area contributed by atoms with Gasteiger partial charge in [0.2, 0.25) is 0 Å². The fraction of sp³-hybridized carbons (Fsp3) is 0.762. The van der Waals surface area contributed by atoms with Gasteiger partial charge in [-0.2, -0.15) is 0 Å². The molecule has 130 valence electrons. The topological polar surface area (TPSA) is 41.8 Å². The van der Waals surface area contributed by atoms with Gasteiger partial charge < -0.3 is 9.94 Å². The first kappa shape index (κ1) is 15.2. The minimum Gasteiger partial charge on any atom is -0.411 e. The molecule has 0 saturated heterocycles. The quantitative estimate of drug-likeness (QED) is 0.397. The van der Waals surface area contributed by atoms with Crippen molar-refractivity contribution in [2.75, 3.05) is 6.61 Å². The lowest BCUT2D eigenvalue weighted by Crippen LogP contribution is -2.52. The van der Waals surface area contributed by atoms with E-state index in [1.807, 2.05) is 0 Å². The van der Waals surface area contributed by atoms with Crippen molar-refractivity contribution in [3.63, 3.8) is 0 Å². The van der Waals surface area contributed by atoms with Crippen molar-refractivity contribution in [1.82, 2.24) is 0 Å². The highest BCUT2D eigenvalue weighted by molar-refractivity contribution is 5.96. The zero-order valence-corrected chi connectivity index (χ0v) is 14.7. The van der Waals surface area contributed by atoms with Crippen LogP contribution in [-0.2, 0) is 4.74 Å². The Balaban J connectivity index is 1.45. The molecule has 5 rings (SSSR count). The Kier molecular flexibility index (Phi) is 3.29. The first-order valence-electron chi connectivity index (χ1n) is 9.90. The van der Waals surface area contributed by atoms with Crippen molar-refractivity contribution in [1.29, 1.82) is 0 Å². The molecule has 0 bridgehead atoms. The highest BCUT2D eigenvalue weighted by Gasteiger charge is 2.63. The fourth-order valence-electron chi connectivity index (χ4n) is 7.30. The molecule has 1 aliphatic heterocycles. The number of nitrogens with zero attached hydrogens (tertiary/aromatic N) is 1. The van der Waals surface area contributed by atoms with E-state index in [-0.39, 0.29) is 5.60 Å². The van der Waals surface area contributed by atoms with Gasteiger partial charge in [0.05, 0.1) is 17.9 Å². The number of hydrogen-bond donors (Lipinski definition) is 1. The third-order valence-electron chi connectivity index (χ3n) is 8.45. The minimum absolute atomic E-state index is 0.0437. The van der Waals surface area contributed by atoms with E-state index in [4.69, 9.17) is 9.94 Å². The summed E-state index contributed by atoms with van der Waals surface area (Å²) in [5.41, 5.74) is 2.85. The van der Waals surface area contributed by atoms with Crippen molar-refractivity contribution in [2.24, 2.45) is 34.2 Å². The molecule has 3 saturated carbocycles. The summed E-state index contributed by atoms with van der Waals surface area (Å²) >= 11 is 0. The standard InChI is InChI=1S/C21H29NO2/c1-20-10-7-17-16-6-4-15(22-23)13-14(16)3-5-18(17)19(20)8-11-21(20)9-2-12-24-21/h2,9,13,16-19,23H,3-8,10-12H2,1H3/b22-15+/t16?,17?,18?,19?,20-,21?/m0/s1. The number of rotatable bonds is 0. The van der Waals surface area contributed by atoms with Crippen LogP contribution in [0.3, 0.4) is 0 Å². The molecule has 24 heavy (non-hydrogen) atoms. The number of oxime groups is 1. The fourth-order valence-corrected chi connectivity index (χ4v) is 7.30. The normalized spacial score (nSPS) is 51.4. The van der Waals surface area contributed by atoms with Gasteiger partial charge >= 0.3 is 0 Å². The van der Waals surface area contributed by atoms with Crippen LogP contribution in [0.2, 0.25) is 0 Å². The van der Waals surface area contributed by atoms with Crippen molar-refractivity contribution in [2.45, 2.75) is 63.9 Å². The molecule has 0 radical (unpaired) electrons. The van der Waals surface area contributed by atoms with Crippen molar-refractivity contribution in [3.05, 3.63) is 23.8 Å². The molecule has 0 aromatic rings. The molecule has 0 amide bonds. The van der Waals surface area contributed by atoms with E-state index >= 15 is 0 Å². The van der Waals surface area contributed by atoms with Gasteiger partial charge in [0.1, 0.15) is 0 Å². The van der Waals surface area contributed by atoms with Crippen LogP contribution in [0.1, 0.15) is 58.3 Å². The monoisotopic (exact) mass is 327 g/mol. The van der Waals surface area contributed by atoms with Gasteiger partial charge in [-0.05, 0) is 81.1 Å². The van der Waals surface area contributed by atoms with E-state index in [0.717, 1.165) is 42.4 Å². The zero-order chi connectivity index (χ0) is 16.4. The van der Waals surface area contributed by atoms with E-state index in [0.29, 0.717) is 5.41 Å². The Bertz CT molecular complexity index is 636. The van der Waals surface area contributed by atoms with Gasteiger partial charge in [0.15, 0.2) is 0 Å². The minimum atomic E-state index is 0.0437. The summed E-state index contributed by atoms with van der Waals surface area (Å²) in [6.07, 6.45) is 16.8. The summed E-state index contributed by atoms with van der Waals surface area (Å²) in [6, 6.07) is 0. The largest absolute Gasteiger partial charge is 0.411 e. The lowest BCUT2D eigenvalue weighted by Gasteiger charge is -2.55. The first-order chi connectivity index (χ1) is 11.7. The lowest BCUT2D eigenvalue weighted by atomic mass is 9.50. The lowest BCUT2D eigenvalue weighted by molar-refractivity contribution is -0.110. The molecule has 1 N–H and O–H groups in total. The van der Waals surface area contributed by atoms with Crippen LogP contribution in [0.15, 0.2) is 29.0 Å². The van der Waals surface area contributed by atoms with Crippen LogP contribution in [-0.4, -0.2) is 23.1 Å². The maximum absolute atomic E-state index is 9.11. The molecule has 3 nitrogen and oxygen atoms in total. The second kappa shape index (κ2) is 5.20. The Morgan fingerprint density at radius 1 is 1.12 bits per heavy atom. The molecular weight excluding hydrogens is 298 g/mol. The number of ether oxygens (including phenoxy) is 1. The van der Waals surface area contributed by atoms with Gasteiger partial charge in [-0.25, -0.2) is 0 Å². The molecule has 0 aromatic carbocycles. The summed E-state index contributed by atoms with van der Waals surface area (Å²) in [7, 11) is 0. The number of allylic oxidation sites excluding steroid dienone is 2. The van der Waals surface area contributed by atoms with Crippen LogP contribution in [0.25, 0.3) is 0 Å². The molecule has 3 fully saturated rings. The van der Waals surface area contributed by atoms with Gasteiger partial charge in [-0.1, -0.05) is 29.8 Å². The number of hydrogen-bond acceptors (Lipinski definition) is 3. The molecule has 1 heterocycles. The highest BCUT2D eigenvalue weighted by Crippen LogP contribution is 2.66. The molecular formula is C21H29NO2. The Labute approximate surface area is 144 Å². The SMILES string of the molecule is C[C@]12CCC3C4CC/C(=N\O)C=C4CCC3C1CCC21C=CCO1. The van der Waals surface area contributed by atoms with Gasteiger partial charge in [0, 0.05) is 5.41 Å². The van der Waals surface area contributed by atoms with E-state index in [1.54, 1.807) is 5.57 Å². The summed E-state index contributed by atoms with van der Waals surface area (Å²) in [5.74, 6) is 3.29. The molecule has 5 aliphatic rings. The maximum atomic E-state index is 9.11. The van der Waals surface area contributed by atoms with Crippen LogP contribution in [0.4, 0.5) is 0 Å². The van der Waals surface area contributed by atoms with E-state index < -0.39 is 0 Å². The van der Waals surface area contributed by atoms with Crippen molar-refractivity contribution < 1.29 is 9.94 Å². The van der Waals surface area contributed by atoms with Crippen LogP contribution in [0.5, 0.6) is 0 Å². The first-order valence-corrected chi connectivity index (χ1v) is 9.90. The smallest absolute Gasteiger partial charge is 0.0923 e.